The van der Waals surface area contributed by atoms with E-state index in [-0.39, 0.29) is 17.8 Å². The zero-order valence-corrected chi connectivity index (χ0v) is 19.5. The van der Waals surface area contributed by atoms with Crippen LogP contribution in [0.3, 0.4) is 0 Å². The van der Waals surface area contributed by atoms with Gasteiger partial charge in [0, 0.05) is 5.92 Å². The number of carbonyl (C=O) groups is 2. The molecule has 29 heavy (non-hydrogen) atoms. The van der Waals surface area contributed by atoms with E-state index in [1.165, 1.54) is 32.1 Å². The molecule has 0 aromatic rings. The first-order valence-electron chi connectivity index (χ1n) is 12.0. The Morgan fingerprint density at radius 3 is 2.03 bits per heavy atom. The number of aldehydes is 1. The maximum Gasteiger partial charge on any atom is 0.309 e. The summed E-state index contributed by atoms with van der Waals surface area (Å²) in [6.45, 7) is 8.00. The molecule has 3 nitrogen and oxygen atoms in total. The summed E-state index contributed by atoms with van der Waals surface area (Å²) in [5.41, 5.74) is 0. The fourth-order valence-corrected chi connectivity index (χ4v) is 3.39. The molecule has 0 saturated heterocycles. The van der Waals surface area contributed by atoms with Crippen molar-refractivity contribution in [3.8, 4) is 0 Å². The number of rotatable bonds is 19. The molecular formula is C26H46O3. The van der Waals surface area contributed by atoms with Gasteiger partial charge in [-0.25, -0.2) is 0 Å². The average Bonchev–Trinajstić information content (AvgIpc) is 2.71. The molecule has 0 aromatic carbocycles. The molecule has 2 atom stereocenters. The fraction of sp³-hybridized carbons (Fsp3) is 0.769. The highest BCUT2D eigenvalue weighted by molar-refractivity contribution is 5.74. The van der Waals surface area contributed by atoms with Gasteiger partial charge in [-0.05, 0) is 38.5 Å². The van der Waals surface area contributed by atoms with Gasteiger partial charge in [0.15, 0.2) is 12.4 Å². The molecule has 0 bridgehead atoms. The summed E-state index contributed by atoms with van der Waals surface area (Å²) < 4.78 is 5.52. The van der Waals surface area contributed by atoms with Crippen molar-refractivity contribution in [1.29, 1.82) is 0 Å². The van der Waals surface area contributed by atoms with Crippen LogP contribution in [0.1, 0.15) is 111 Å². The zero-order valence-electron chi connectivity index (χ0n) is 19.5. The molecule has 168 valence electrons. The van der Waals surface area contributed by atoms with E-state index >= 15 is 0 Å². The van der Waals surface area contributed by atoms with Gasteiger partial charge in [-0.2, -0.15) is 0 Å². The summed E-state index contributed by atoms with van der Waals surface area (Å²) in [6, 6.07) is 0. The summed E-state index contributed by atoms with van der Waals surface area (Å²) in [4.78, 5) is 23.6. The number of unbranched alkanes of at least 4 members (excludes halogenated alkanes) is 7. The van der Waals surface area contributed by atoms with Crippen LogP contribution in [-0.4, -0.2) is 18.4 Å². The summed E-state index contributed by atoms with van der Waals surface area (Å²) in [5, 5.41) is 0. The van der Waals surface area contributed by atoms with E-state index in [0.29, 0.717) is 0 Å². The molecule has 0 aliphatic rings. The largest absolute Gasteiger partial charge is 0.454 e. The predicted octanol–water partition coefficient (Wildman–Crippen LogP) is 7.59. The lowest BCUT2D eigenvalue weighted by Gasteiger charge is -2.24. The molecule has 0 amide bonds. The standard InChI is InChI=1S/C26H46O3/c1-5-7-9-11-12-13-14-15-17-19-21-24(20-18-16-10-8-6-2)25(22-27)29-26(28)23(3)4/h7,9,12-13,22-25H,5-6,8,10-11,14-21H2,1-4H3. The van der Waals surface area contributed by atoms with Crippen molar-refractivity contribution in [2.75, 3.05) is 0 Å². The predicted molar refractivity (Wildman–Crippen MR) is 124 cm³/mol. The molecule has 0 aliphatic heterocycles. The van der Waals surface area contributed by atoms with Crippen LogP contribution in [0.15, 0.2) is 24.3 Å². The highest BCUT2D eigenvalue weighted by atomic mass is 16.5. The van der Waals surface area contributed by atoms with Crippen LogP contribution in [0.4, 0.5) is 0 Å². The van der Waals surface area contributed by atoms with Gasteiger partial charge < -0.3 is 4.74 Å². The number of hydrogen-bond acceptors (Lipinski definition) is 3. The Hall–Kier alpha value is -1.38. The summed E-state index contributed by atoms with van der Waals surface area (Å²) in [6.07, 6.45) is 23.8. The molecule has 0 N–H and O–H groups in total. The topological polar surface area (TPSA) is 43.4 Å². The van der Waals surface area contributed by atoms with Gasteiger partial charge in [0.05, 0.1) is 5.92 Å². The molecule has 0 saturated carbocycles. The van der Waals surface area contributed by atoms with Gasteiger partial charge in [-0.3, -0.25) is 9.59 Å². The average molecular weight is 407 g/mol. The van der Waals surface area contributed by atoms with Gasteiger partial charge in [0.25, 0.3) is 0 Å². The number of esters is 1. The Balaban J connectivity index is 4.36. The van der Waals surface area contributed by atoms with Crippen LogP contribution in [0, 0.1) is 11.8 Å². The lowest BCUT2D eigenvalue weighted by molar-refractivity contribution is -0.158. The Kier molecular flexibility index (Phi) is 19.0. The molecule has 0 spiro atoms. The zero-order chi connectivity index (χ0) is 21.7. The Morgan fingerprint density at radius 1 is 0.828 bits per heavy atom. The Bertz CT molecular complexity index is 451. The van der Waals surface area contributed by atoms with Crippen LogP contribution in [0.5, 0.6) is 0 Å². The number of ether oxygens (including phenoxy) is 1. The van der Waals surface area contributed by atoms with E-state index in [9.17, 15) is 9.59 Å². The van der Waals surface area contributed by atoms with Gasteiger partial charge in [-0.15, -0.1) is 0 Å². The number of carbonyl (C=O) groups excluding carboxylic acids is 2. The second-order valence-corrected chi connectivity index (χ2v) is 8.38. The van der Waals surface area contributed by atoms with E-state index in [4.69, 9.17) is 4.74 Å². The minimum Gasteiger partial charge on any atom is -0.454 e. The lowest BCUT2D eigenvalue weighted by Crippen LogP contribution is -2.30. The maximum atomic E-state index is 12.0. The monoisotopic (exact) mass is 406 g/mol. The summed E-state index contributed by atoms with van der Waals surface area (Å²) in [7, 11) is 0. The molecule has 0 aromatic heterocycles. The molecular weight excluding hydrogens is 360 g/mol. The first kappa shape index (κ1) is 27.6. The minimum atomic E-state index is -0.582. The van der Waals surface area contributed by atoms with Crippen molar-refractivity contribution >= 4 is 12.3 Å². The van der Waals surface area contributed by atoms with Crippen LogP contribution in [0.2, 0.25) is 0 Å². The number of hydrogen-bond donors (Lipinski definition) is 0. The normalized spacial score (nSPS) is 14.0. The van der Waals surface area contributed by atoms with E-state index in [1.54, 1.807) is 0 Å². The van der Waals surface area contributed by atoms with Gasteiger partial charge in [0.2, 0.25) is 0 Å². The molecule has 0 radical (unpaired) electrons. The highest BCUT2D eigenvalue weighted by Gasteiger charge is 2.25. The van der Waals surface area contributed by atoms with Crippen molar-refractivity contribution in [3.05, 3.63) is 24.3 Å². The van der Waals surface area contributed by atoms with E-state index in [1.807, 2.05) is 13.8 Å². The SMILES string of the molecule is CCC=CCC=CCCCCCC(CCCCCCC)C(C=O)OC(=O)C(C)C. The minimum absolute atomic E-state index is 0.159. The van der Waals surface area contributed by atoms with Gasteiger partial charge in [-0.1, -0.05) is 96.9 Å². The lowest BCUT2D eigenvalue weighted by atomic mass is 9.90. The first-order valence-corrected chi connectivity index (χ1v) is 12.0. The molecule has 0 rings (SSSR count). The smallest absolute Gasteiger partial charge is 0.309 e. The van der Waals surface area contributed by atoms with Crippen molar-refractivity contribution < 1.29 is 14.3 Å². The van der Waals surface area contributed by atoms with E-state index < -0.39 is 6.10 Å². The molecule has 0 heterocycles. The maximum absolute atomic E-state index is 12.0. The molecule has 0 aliphatic carbocycles. The third kappa shape index (κ3) is 16.1. The molecule has 0 fully saturated rings. The summed E-state index contributed by atoms with van der Waals surface area (Å²) >= 11 is 0. The van der Waals surface area contributed by atoms with Gasteiger partial charge >= 0.3 is 5.97 Å². The second-order valence-electron chi connectivity index (χ2n) is 8.38. The third-order valence-electron chi connectivity index (χ3n) is 5.29. The summed E-state index contributed by atoms with van der Waals surface area (Å²) in [5.74, 6) is -0.298. The van der Waals surface area contributed by atoms with Crippen LogP contribution in [0.25, 0.3) is 0 Å². The van der Waals surface area contributed by atoms with Crippen molar-refractivity contribution in [2.45, 2.75) is 117 Å². The van der Waals surface area contributed by atoms with Crippen LogP contribution < -0.4 is 0 Å². The highest BCUT2D eigenvalue weighted by Crippen LogP contribution is 2.24. The van der Waals surface area contributed by atoms with Crippen LogP contribution >= 0.6 is 0 Å². The fourth-order valence-electron chi connectivity index (χ4n) is 3.39. The van der Waals surface area contributed by atoms with Crippen LogP contribution in [-0.2, 0) is 14.3 Å². The van der Waals surface area contributed by atoms with E-state index in [2.05, 4.69) is 38.2 Å². The quantitative estimate of drug-likeness (QED) is 0.0960. The van der Waals surface area contributed by atoms with Crippen molar-refractivity contribution in [2.24, 2.45) is 11.8 Å². The second kappa shape index (κ2) is 19.9. The Labute approximate surface area is 180 Å². The third-order valence-corrected chi connectivity index (χ3v) is 5.29. The molecule has 3 heteroatoms. The van der Waals surface area contributed by atoms with Crippen molar-refractivity contribution in [3.63, 3.8) is 0 Å². The van der Waals surface area contributed by atoms with Gasteiger partial charge in [0.1, 0.15) is 0 Å². The van der Waals surface area contributed by atoms with E-state index in [0.717, 1.165) is 57.7 Å². The van der Waals surface area contributed by atoms with Crippen molar-refractivity contribution in [1.82, 2.24) is 0 Å². The number of allylic oxidation sites excluding steroid dienone is 4. The first-order chi connectivity index (χ1) is 14.1. The Morgan fingerprint density at radius 2 is 1.45 bits per heavy atom. The molecule has 2 unspecified atom stereocenters.